The molecule has 5 heteroatoms. The maximum atomic E-state index is 5.25. The van der Waals surface area contributed by atoms with Crippen LogP contribution in [0, 0.1) is 11.7 Å². The van der Waals surface area contributed by atoms with Crippen molar-refractivity contribution in [3.8, 4) is 11.4 Å². The van der Waals surface area contributed by atoms with E-state index in [2.05, 4.69) is 59.0 Å². The molecule has 0 unspecified atom stereocenters. The molecule has 0 spiro atoms. The fraction of sp³-hybridized carbons (Fsp3) is 0.333. The largest absolute Gasteiger partial charge is 0.298 e. The first-order valence-electron chi connectivity index (χ1n) is 5.44. The Bertz CT molecular complexity index is 598. The lowest BCUT2D eigenvalue weighted by Gasteiger charge is -2.11. The van der Waals surface area contributed by atoms with Crippen LogP contribution >= 0.6 is 28.1 Å². The van der Waals surface area contributed by atoms with Crippen molar-refractivity contribution < 1.29 is 0 Å². The monoisotopic (exact) mass is 311 g/mol. The van der Waals surface area contributed by atoms with Crippen molar-refractivity contribution in [2.24, 2.45) is 0 Å². The molecule has 0 amide bonds. The van der Waals surface area contributed by atoms with E-state index in [1.54, 1.807) is 0 Å². The maximum Gasteiger partial charge on any atom is 0.195 e. The van der Waals surface area contributed by atoms with E-state index in [-0.39, 0.29) is 6.04 Å². The minimum absolute atomic E-state index is 0.281. The summed E-state index contributed by atoms with van der Waals surface area (Å²) in [6, 6.07) is 6.49. The molecular formula is C12H14BrN3S. The second-order valence-corrected chi connectivity index (χ2v) is 5.54. The van der Waals surface area contributed by atoms with Crippen molar-refractivity contribution in [3.63, 3.8) is 0 Å². The van der Waals surface area contributed by atoms with E-state index in [0.717, 1.165) is 15.9 Å². The van der Waals surface area contributed by atoms with Crippen molar-refractivity contribution in [1.82, 2.24) is 14.8 Å². The Balaban J connectivity index is 2.69. The molecule has 0 aliphatic rings. The fourth-order valence-corrected chi connectivity index (χ4v) is 2.55. The summed E-state index contributed by atoms with van der Waals surface area (Å²) < 4.78 is 3.71. The molecule has 3 nitrogen and oxygen atoms in total. The molecule has 1 heterocycles. The van der Waals surface area contributed by atoms with Gasteiger partial charge in [0.1, 0.15) is 0 Å². The molecule has 0 saturated carbocycles. The lowest BCUT2D eigenvalue weighted by Crippen LogP contribution is -2.03. The van der Waals surface area contributed by atoms with E-state index < -0.39 is 0 Å². The van der Waals surface area contributed by atoms with Gasteiger partial charge >= 0.3 is 0 Å². The molecule has 0 fully saturated rings. The fourth-order valence-electron chi connectivity index (χ4n) is 1.78. The van der Waals surface area contributed by atoms with E-state index in [1.165, 1.54) is 5.56 Å². The van der Waals surface area contributed by atoms with Crippen LogP contribution < -0.4 is 0 Å². The van der Waals surface area contributed by atoms with Gasteiger partial charge in [0, 0.05) is 16.1 Å². The highest BCUT2D eigenvalue weighted by Gasteiger charge is 2.13. The van der Waals surface area contributed by atoms with Crippen LogP contribution in [-0.2, 0) is 0 Å². The van der Waals surface area contributed by atoms with Crippen LogP contribution in [-0.4, -0.2) is 14.8 Å². The summed E-state index contributed by atoms with van der Waals surface area (Å²) >= 11 is 8.81. The molecule has 1 N–H and O–H groups in total. The van der Waals surface area contributed by atoms with Gasteiger partial charge in [0.25, 0.3) is 0 Å². The van der Waals surface area contributed by atoms with Crippen molar-refractivity contribution >= 4 is 28.1 Å². The topological polar surface area (TPSA) is 33.6 Å². The van der Waals surface area contributed by atoms with Gasteiger partial charge in [0.15, 0.2) is 10.6 Å². The summed E-state index contributed by atoms with van der Waals surface area (Å²) in [7, 11) is 0. The van der Waals surface area contributed by atoms with Crippen molar-refractivity contribution in [2.45, 2.75) is 26.8 Å². The number of hydrogen-bond donors (Lipinski definition) is 1. The summed E-state index contributed by atoms with van der Waals surface area (Å²) in [6.45, 7) is 6.26. The third-order valence-corrected chi connectivity index (χ3v) is 3.56. The van der Waals surface area contributed by atoms with Crippen molar-refractivity contribution in [1.29, 1.82) is 0 Å². The number of nitrogens with zero attached hydrogens (tertiary/aromatic N) is 2. The van der Waals surface area contributed by atoms with Crippen LogP contribution in [0.15, 0.2) is 22.7 Å². The number of nitrogens with one attached hydrogen (secondary N) is 1. The standard InChI is InChI=1S/C12H14BrN3S/c1-7(2)16-11(14-15-12(16)17)9-6-8(3)4-5-10(9)13/h4-7H,1-3H3,(H,15,17). The van der Waals surface area contributed by atoms with Crippen LogP contribution in [0.25, 0.3) is 11.4 Å². The normalized spacial score (nSPS) is 11.1. The highest BCUT2D eigenvalue weighted by molar-refractivity contribution is 9.10. The van der Waals surface area contributed by atoms with Gasteiger partial charge in [-0.3, -0.25) is 9.67 Å². The number of halogens is 1. The summed E-state index contributed by atoms with van der Waals surface area (Å²) in [5.41, 5.74) is 2.26. The Labute approximate surface area is 114 Å². The van der Waals surface area contributed by atoms with Gasteiger partial charge in [0.05, 0.1) is 0 Å². The SMILES string of the molecule is Cc1ccc(Br)c(-c2n[nH]c(=S)n2C(C)C)c1. The van der Waals surface area contributed by atoms with Gasteiger partial charge < -0.3 is 0 Å². The first kappa shape index (κ1) is 12.5. The molecule has 90 valence electrons. The smallest absolute Gasteiger partial charge is 0.195 e. The Morgan fingerprint density at radius 3 is 2.76 bits per heavy atom. The molecule has 0 aliphatic carbocycles. The first-order valence-corrected chi connectivity index (χ1v) is 6.64. The van der Waals surface area contributed by atoms with Gasteiger partial charge in [-0.1, -0.05) is 27.6 Å². The molecule has 1 aromatic carbocycles. The van der Waals surface area contributed by atoms with Crippen molar-refractivity contribution in [2.75, 3.05) is 0 Å². The Morgan fingerprint density at radius 1 is 1.41 bits per heavy atom. The highest BCUT2D eigenvalue weighted by atomic mass is 79.9. The van der Waals surface area contributed by atoms with Crippen LogP contribution in [0.1, 0.15) is 25.5 Å². The molecule has 0 radical (unpaired) electrons. The summed E-state index contributed by atoms with van der Waals surface area (Å²) in [5, 5.41) is 7.18. The molecule has 2 rings (SSSR count). The molecule has 0 atom stereocenters. The Hall–Kier alpha value is -0.940. The number of aromatic nitrogens is 3. The molecule has 1 aromatic heterocycles. The van der Waals surface area contributed by atoms with Crippen molar-refractivity contribution in [3.05, 3.63) is 33.0 Å². The van der Waals surface area contributed by atoms with Gasteiger partial charge in [-0.2, -0.15) is 5.10 Å². The molecule has 0 bridgehead atoms. The van der Waals surface area contributed by atoms with Crippen LogP contribution in [0.3, 0.4) is 0 Å². The predicted octanol–water partition coefficient (Wildman–Crippen LogP) is 4.26. The zero-order valence-corrected chi connectivity index (χ0v) is 12.4. The minimum Gasteiger partial charge on any atom is -0.298 e. The van der Waals surface area contributed by atoms with Gasteiger partial charge in [-0.05, 0) is 45.1 Å². The molecule has 0 aliphatic heterocycles. The number of aromatic amines is 1. The maximum absolute atomic E-state index is 5.25. The molecule has 17 heavy (non-hydrogen) atoms. The van der Waals surface area contributed by atoms with E-state index in [9.17, 15) is 0 Å². The van der Waals surface area contributed by atoms with Crippen LogP contribution in [0.5, 0.6) is 0 Å². The zero-order valence-electron chi connectivity index (χ0n) is 9.99. The third kappa shape index (κ3) is 2.35. The lowest BCUT2D eigenvalue weighted by molar-refractivity contribution is 0.597. The number of H-pyrrole nitrogens is 1. The molecule has 2 aromatic rings. The highest BCUT2D eigenvalue weighted by Crippen LogP contribution is 2.29. The lowest BCUT2D eigenvalue weighted by atomic mass is 10.1. The third-order valence-electron chi connectivity index (χ3n) is 2.58. The second kappa shape index (κ2) is 4.74. The van der Waals surface area contributed by atoms with E-state index in [4.69, 9.17) is 12.2 Å². The van der Waals surface area contributed by atoms with E-state index >= 15 is 0 Å². The number of rotatable bonds is 2. The summed E-state index contributed by atoms with van der Waals surface area (Å²) in [6.07, 6.45) is 0. The summed E-state index contributed by atoms with van der Waals surface area (Å²) in [5.74, 6) is 0.876. The number of hydrogen-bond acceptors (Lipinski definition) is 2. The quantitative estimate of drug-likeness (QED) is 0.841. The van der Waals surface area contributed by atoms with E-state index in [1.807, 2.05) is 10.6 Å². The van der Waals surface area contributed by atoms with E-state index in [0.29, 0.717) is 4.77 Å². The van der Waals surface area contributed by atoms with Gasteiger partial charge in [-0.25, -0.2) is 0 Å². The average molecular weight is 312 g/mol. The minimum atomic E-state index is 0.281. The van der Waals surface area contributed by atoms with Gasteiger partial charge in [-0.15, -0.1) is 0 Å². The predicted molar refractivity (Wildman–Crippen MR) is 75.7 cm³/mol. The van der Waals surface area contributed by atoms with Gasteiger partial charge in [0.2, 0.25) is 0 Å². The average Bonchev–Trinajstić information content (AvgIpc) is 2.64. The second-order valence-electron chi connectivity index (χ2n) is 4.30. The van der Waals surface area contributed by atoms with Crippen LogP contribution in [0.2, 0.25) is 0 Å². The first-order chi connectivity index (χ1) is 8.00. The Kier molecular flexibility index (Phi) is 3.49. The zero-order chi connectivity index (χ0) is 12.6. The molecular weight excluding hydrogens is 298 g/mol. The van der Waals surface area contributed by atoms with Crippen LogP contribution in [0.4, 0.5) is 0 Å². The molecule has 0 saturated heterocycles. The summed E-state index contributed by atoms with van der Waals surface area (Å²) in [4.78, 5) is 0. The number of aryl methyl sites for hydroxylation is 1. The Morgan fingerprint density at radius 2 is 2.12 bits per heavy atom. The number of benzene rings is 1.